The SMILES string of the molecule is C[C@H](Oc1ccc(Oc2ccccc2)cc1)C(N)=O. The van der Waals surface area contributed by atoms with Crippen molar-refractivity contribution in [3.63, 3.8) is 0 Å². The molecule has 0 aliphatic heterocycles. The van der Waals surface area contributed by atoms with Gasteiger partial charge in [0.2, 0.25) is 0 Å². The van der Waals surface area contributed by atoms with Crippen LogP contribution in [-0.4, -0.2) is 12.0 Å². The van der Waals surface area contributed by atoms with Crippen molar-refractivity contribution in [1.82, 2.24) is 0 Å². The smallest absolute Gasteiger partial charge is 0.258 e. The number of primary amides is 1. The Kier molecular flexibility index (Phi) is 4.03. The van der Waals surface area contributed by atoms with E-state index in [-0.39, 0.29) is 0 Å². The van der Waals surface area contributed by atoms with Crippen molar-refractivity contribution < 1.29 is 14.3 Å². The summed E-state index contributed by atoms with van der Waals surface area (Å²) in [7, 11) is 0. The standard InChI is InChI=1S/C15H15NO3/c1-11(15(16)17)18-13-7-9-14(10-8-13)19-12-5-3-2-4-6-12/h2-11H,1H3,(H2,16,17)/t11-/m0/s1. The Hall–Kier alpha value is -2.49. The molecule has 2 rings (SSSR count). The molecular formula is C15H15NO3. The lowest BCUT2D eigenvalue weighted by Gasteiger charge is -2.11. The van der Waals surface area contributed by atoms with Gasteiger partial charge in [0.1, 0.15) is 17.2 Å². The van der Waals surface area contributed by atoms with Crippen LogP contribution in [0.3, 0.4) is 0 Å². The predicted molar refractivity (Wildman–Crippen MR) is 72.2 cm³/mol. The molecule has 4 nitrogen and oxygen atoms in total. The summed E-state index contributed by atoms with van der Waals surface area (Å²) in [5, 5.41) is 0. The molecule has 0 bridgehead atoms. The molecule has 2 N–H and O–H groups in total. The summed E-state index contributed by atoms with van der Waals surface area (Å²) in [5.74, 6) is 1.54. The van der Waals surface area contributed by atoms with E-state index in [1.807, 2.05) is 30.3 Å². The number of benzene rings is 2. The maximum Gasteiger partial charge on any atom is 0.258 e. The molecule has 0 fully saturated rings. The molecule has 0 radical (unpaired) electrons. The van der Waals surface area contributed by atoms with Gasteiger partial charge in [0.25, 0.3) is 5.91 Å². The molecule has 0 aromatic heterocycles. The van der Waals surface area contributed by atoms with Crippen molar-refractivity contribution in [2.75, 3.05) is 0 Å². The van der Waals surface area contributed by atoms with Gasteiger partial charge in [-0.05, 0) is 43.3 Å². The number of carbonyl (C=O) groups is 1. The average molecular weight is 257 g/mol. The average Bonchev–Trinajstić information content (AvgIpc) is 2.42. The number of carbonyl (C=O) groups excluding carboxylic acids is 1. The molecule has 0 aliphatic carbocycles. The minimum absolute atomic E-state index is 0.496. The lowest BCUT2D eigenvalue weighted by atomic mass is 10.3. The molecule has 0 saturated heterocycles. The Bertz CT molecular complexity index is 537. The van der Waals surface area contributed by atoms with Crippen LogP contribution in [0.1, 0.15) is 6.92 Å². The minimum atomic E-state index is -0.652. The summed E-state index contributed by atoms with van der Waals surface area (Å²) in [6.45, 7) is 1.61. The molecule has 2 aromatic rings. The quantitative estimate of drug-likeness (QED) is 0.895. The van der Waals surface area contributed by atoms with Crippen LogP contribution in [0.15, 0.2) is 54.6 Å². The first-order chi connectivity index (χ1) is 9.15. The number of para-hydroxylation sites is 1. The number of hydrogen-bond acceptors (Lipinski definition) is 3. The molecule has 19 heavy (non-hydrogen) atoms. The van der Waals surface area contributed by atoms with Gasteiger partial charge >= 0.3 is 0 Å². The first kappa shape index (κ1) is 13.0. The fourth-order valence-corrected chi connectivity index (χ4v) is 1.47. The second kappa shape index (κ2) is 5.91. The van der Waals surface area contributed by atoms with Gasteiger partial charge in [-0.2, -0.15) is 0 Å². The van der Waals surface area contributed by atoms with E-state index in [4.69, 9.17) is 15.2 Å². The van der Waals surface area contributed by atoms with Crippen molar-refractivity contribution in [3.8, 4) is 17.2 Å². The van der Waals surface area contributed by atoms with Crippen LogP contribution in [0.25, 0.3) is 0 Å². The number of rotatable bonds is 5. The fourth-order valence-electron chi connectivity index (χ4n) is 1.47. The number of ether oxygens (including phenoxy) is 2. The zero-order valence-electron chi connectivity index (χ0n) is 10.6. The molecule has 1 atom stereocenters. The molecular weight excluding hydrogens is 242 g/mol. The fraction of sp³-hybridized carbons (Fsp3) is 0.133. The van der Waals surface area contributed by atoms with Crippen molar-refractivity contribution in [2.45, 2.75) is 13.0 Å². The van der Waals surface area contributed by atoms with E-state index < -0.39 is 12.0 Å². The first-order valence-corrected chi connectivity index (χ1v) is 5.94. The van der Waals surface area contributed by atoms with Crippen LogP contribution >= 0.6 is 0 Å². The van der Waals surface area contributed by atoms with E-state index in [1.165, 1.54) is 0 Å². The van der Waals surface area contributed by atoms with Gasteiger partial charge < -0.3 is 15.2 Å². The first-order valence-electron chi connectivity index (χ1n) is 5.94. The number of hydrogen-bond donors (Lipinski definition) is 1. The molecule has 0 aliphatic rings. The molecule has 2 aromatic carbocycles. The molecule has 4 heteroatoms. The highest BCUT2D eigenvalue weighted by atomic mass is 16.5. The normalized spacial score (nSPS) is 11.6. The summed E-state index contributed by atoms with van der Waals surface area (Å²) in [6, 6.07) is 16.5. The molecule has 1 amide bonds. The lowest BCUT2D eigenvalue weighted by molar-refractivity contribution is -0.123. The van der Waals surface area contributed by atoms with Gasteiger partial charge in [-0.3, -0.25) is 4.79 Å². The largest absolute Gasteiger partial charge is 0.481 e. The molecule has 98 valence electrons. The summed E-state index contributed by atoms with van der Waals surface area (Å²) in [4.78, 5) is 10.9. The van der Waals surface area contributed by atoms with Crippen molar-refractivity contribution in [1.29, 1.82) is 0 Å². The van der Waals surface area contributed by atoms with Crippen molar-refractivity contribution in [3.05, 3.63) is 54.6 Å². The minimum Gasteiger partial charge on any atom is -0.481 e. The predicted octanol–water partition coefficient (Wildman–Crippen LogP) is 2.73. The lowest BCUT2D eigenvalue weighted by Crippen LogP contribution is -2.30. The third-order valence-electron chi connectivity index (χ3n) is 2.52. The summed E-state index contributed by atoms with van der Waals surface area (Å²) < 4.78 is 11.0. The van der Waals surface area contributed by atoms with Gasteiger partial charge in [-0.25, -0.2) is 0 Å². The van der Waals surface area contributed by atoms with Crippen LogP contribution in [0.4, 0.5) is 0 Å². The number of amides is 1. The van der Waals surface area contributed by atoms with Gasteiger partial charge in [0, 0.05) is 0 Å². The number of nitrogens with two attached hydrogens (primary N) is 1. The third-order valence-corrected chi connectivity index (χ3v) is 2.52. The van der Waals surface area contributed by atoms with E-state index >= 15 is 0 Å². The Labute approximate surface area is 111 Å². The Balaban J connectivity index is 2.01. The van der Waals surface area contributed by atoms with Gasteiger partial charge in [-0.1, -0.05) is 18.2 Å². The van der Waals surface area contributed by atoms with E-state index in [0.717, 1.165) is 5.75 Å². The summed E-state index contributed by atoms with van der Waals surface area (Å²) >= 11 is 0. The molecule has 0 heterocycles. The van der Waals surface area contributed by atoms with E-state index in [2.05, 4.69) is 0 Å². The Morgan fingerprint density at radius 3 is 2.05 bits per heavy atom. The maximum atomic E-state index is 10.9. The second-order valence-corrected chi connectivity index (χ2v) is 4.05. The molecule has 0 saturated carbocycles. The molecule has 0 spiro atoms. The Morgan fingerprint density at radius 1 is 0.947 bits per heavy atom. The van der Waals surface area contributed by atoms with E-state index in [1.54, 1.807) is 31.2 Å². The van der Waals surface area contributed by atoms with Gasteiger partial charge in [0.15, 0.2) is 6.10 Å². The van der Waals surface area contributed by atoms with Gasteiger partial charge in [-0.15, -0.1) is 0 Å². The van der Waals surface area contributed by atoms with Crippen molar-refractivity contribution >= 4 is 5.91 Å². The zero-order valence-corrected chi connectivity index (χ0v) is 10.6. The second-order valence-electron chi connectivity index (χ2n) is 4.05. The highest BCUT2D eigenvalue weighted by molar-refractivity contribution is 5.78. The zero-order chi connectivity index (χ0) is 13.7. The van der Waals surface area contributed by atoms with Crippen molar-refractivity contribution in [2.24, 2.45) is 5.73 Å². The highest BCUT2D eigenvalue weighted by Gasteiger charge is 2.09. The van der Waals surface area contributed by atoms with E-state index in [9.17, 15) is 4.79 Å². The Morgan fingerprint density at radius 2 is 1.47 bits per heavy atom. The van der Waals surface area contributed by atoms with Crippen LogP contribution in [0.2, 0.25) is 0 Å². The summed E-state index contributed by atoms with van der Waals surface area (Å²) in [6.07, 6.45) is -0.652. The van der Waals surface area contributed by atoms with Crippen LogP contribution in [0.5, 0.6) is 17.2 Å². The molecule has 0 unspecified atom stereocenters. The van der Waals surface area contributed by atoms with E-state index in [0.29, 0.717) is 11.5 Å². The van der Waals surface area contributed by atoms with Crippen LogP contribution in [0, 0.1) is 0 Å². The summed E-state index contributed by atoms with van der Waals surface area (Å²) in [5.41, 5.74) is 5.13. The van der Waals surface area contributed by atoms with Gasteiger partial charge in [0.05, 0.1) is 0 Å². The van der Waals surface area contributed by atoms with Crippen LogP contribution < -0.4 is 15.2 Å². The monoisotopic (exact) mass is 257 g/mol. The highest BCUT2D eigenvalue weighted by Crippen LogP contribution is 2.23. The van der Waals surface area contributed by atoms with Crippen LogP contribution in [-0.2, 0) is 4.79 Å². The maximum absolute atomic E-state index is 10.9. The topological polar surface area (TPSA) is 61.6 Å². The third kappa shape index (κ3) is 3.74.